The summed E-state index contributed by atoms with van der Waals surface area (Å²) >= 11 is 1.27. The number of thiophene rings is 1. The maximum absolute atomic E-state index is 12.7. The number of hydrogen-bond donors (Lipinski definition) is 1. The molecule has 2 atom stereocenters. The van der Waals surface area contributed by atoms with Gasteiger partial charge in [0.2, 0.25) is 0 Å². The van der Waals surface area contributed by atoms with Gasteiger partial charge in [0.05, 0.1) is 13.2 Å². The zero-order valence-electron chi connectivity index (χ0n) is 12.6. The number of nitrogens with zero attached hydrogens (tertiary/aromatic N) is 1. The minimum absolute atomic E-state index is 0.0451. The third-order valence-electron chi connectivity index (χ3n) is 3.72. The average Bonchev–Trinajstić information content (AvgIpc) is 2.95. The van der Waals surface area contributed by atoms with Crippen LogP contribution in [0.3, 0.4) is 0 Å². The van der Waals surface area contributed by atoms with E-state index in [2.05, 4.69) is 5.32 Å². The van der Waals surface area contributed by atoms with Gasteiger partial charge in [-0.25, -0.2) is 8.42 Å². The Morgan fingerprint density at radius 1 is 1.50 bits per heavy atom. The smallest absolute Gasteiger partial charge is 0.274 e. The van der Waals surface area contributed by atoms with Gasteiger partial charge < -0.3 is 14.8 Å². The van der Waals surface area contributed by atoms with E-state index in [4.69, 9.17) is 9.47 Å². The Balaban J connectivity index is 1.71. The summed E-state index contributed by atoms with van der Waals surface area (Å²) in [5.74, 6) is 0. The van der Waals surface area contributed by atoms with E-state index in [0.717, 1.165) is 11.3 Å². The highest BCUT2D eigenvalue weighted by molar-refractivity contribution is 7.91. The van der Waals surface area contributed by atoms with E-state index in [9.17, 15) is 8.42 Å². The summed E-state index contributed by atoms with van der Waals surface area (Å²) < 4.78 is 38.2. The topological polar surface area (TPSA) is 67.9 Å². The molecule has 0 amide bonds. The van der Waals surface area contributed by atoms with Crippen LogP contribution in [-0.4, -0.2) is 51.4 Å². The van der Waals surface area contributed by atoms with Crippen LogP contribution >= 0.6 is 11.3 Å². The first-order chi connectivity index (χ1) is 10.5. The second kappa shape index (κ2) is 6.29. The molecule has 0 radical (unpaired) electrons. The Morgan fingerprint density at radius 3 is 3.09 bits per heavy atom. The Kier molecular flexibility index (Phi) is 4.56. The van der Waals surface area contributed by atoms with Crippen LogP contribution < -0.4 is 5.32 Å². The van der Waals surface area contributed by atoms with Crippen molar-refractivity contribution in [2.45, 2.75) is 30.4 Å². The number of piperazine rings is 1. The molecule has 2 unspecified atom stereocenters. The molecule has 3 rings (SSSR count). The summed E-state index contributed by atoms with van der Waals surface area (Å²) in [7, 11) is -3.42. The second-order valence-corrected chi connectivity index (χ2v) is 8.24. The minimum atomic E-state index is -3.42. The van der Waals surface area contributed by atoms with Crippen LogP contribution in [0.1, 0.15) is 19.4 Å². The van der Waals surface area contributed by atoms with Crippen LogP contribution in [-0.2, 0) is 19.5 Å². The molecule has 2 aliphatic rings. The SMILES string of the molecule is CCOC(C)OCC1CN2C(=Cc3ccsc3S2(=O)=O)CN1. The van der Waals surface area contributed by atoms with Crippen molar-refractivity contribution in [3.63, 3.8) is 0 Å². The van der Waals surface area contributed by atoms with E-state index in [-0.39, 0.29) is 12.3 Å². The molecule has 0 saturated carbocycles. The van der Waals surface area contributed by atoms with Crippen LogP contribution in [0.2, 0.25) is 0 Å². The van der Waals surface area contributed by atoms with Crippen LogP contribution in [0.15, 0.2) is 21.4 Å². The molecule has 1 saturated heterocycles. The van der Waals surface area contributed by atoms with Gasteiger partial charge in [-0.2, -0.15) is 0 Å². The fraction of sp³-hybridized carbons (Fsp3) is 0.571. The maximum atomic E-state index is 12.7. The van der Waals surface area contributed by atoms with Crippen molar-refractivity contribution in [2.24, 2.45) is 0 Å². The molecule has 1 fully saturated rings. The molecule has 1 aromatic heterocycles. The predicted octanol–water partition coefficient (Wildman–Crippen LogP) is 1.46. The zero-order chi connectivity index (χ0) is 15.7. The van der Waals surface area contributed by atoms with E-state index in [1.165, 1.54) is 15.6 Å². The van der Waals surface area contributed by atoms with Crippen molar-refractivity contribution >= 4 is 27.4 Å². The number of fused-ring (bicyclic) bond motifs is 2. The molecule has 2 aliphatic heterocycles. The van der Waals surface area contributed by atoms with Crippen molar-refractivity contribution in [1.29, 1.82) is 0 Å². The first-order valence-electron chi connectivity index (χ1n) is 7.29. The molecule has 8 heteroatoms. The highest BCUT2D eigenvalue weighted by Gasteiger charge is 2.37. The molecule has 0 aromatic carbocycles. The summed E-state index contributed by atoms with van der Waals surface area (Å²) in [5, 5.41) is 5.14. The van der Waals surface area contributed by atoms with Gasteiger partial charge in [-0.05, 0) is 31.4 Å². The van der Waals surface area contributed by atoms with Crippen LogP contribution in [0.25, 0.3) is 6.08 Å². The largest absolute Gasteiger partial charge is 0.353 e. The highest BCUT2D eigenvalue weighted by atomic mass is 32.2. The van der Waals surface area contributed by atoms with E-state index in [1.807, 2.05) is 31.4 Å². The number of sulfonamides is 1. The first-order valence-corrected chi connectivity index (χ1v) is 9.61. The lowest BCUT2D eigenvalue weighted by atomic mass is 10.2. The maximum Gasteiger partial charge on any atom is 0.274 e. The Hall–Kier alpha value is -0.930. The molecule has 3 heterocycles. The van der Waals surface area contributed by atoms with Crippen LogP contribution in [0.4, 0.5) is 0 Å². The van der Waals surface area contributed by atoms with Gasteiger partial charge in [-0.1, -0.05) is 0 Å². The summed E-state index contributed by atoms with van der Waals surface area (Å²) in [6.07, 6.45) is 1.66. The van der Waals surface area contributed by atoms with Gasteiger partial charge in [0, 0.05) is 30.5 Å². The van der Waals surface area contributed by atoms with E-state index in [1.54, 1.807) is 0 Å². The average molecular weight is 344 g/mol. The number of hydrogen-bond acceptors (Lipinski definition) is 6. The monoisotopic (exact) mass is 344 g/mol. The van der Waals surface area contributed by atoms with Gasteiger partial charge in [0.15, 0.2) is 6.29 Å². The van der Waals surface area contributed by atoms with Gasteiger partial charge in [-0.3, -0.25) is 4.31 Å². The summed E-state index contributed by atoms with van der Waals surface area (Å²) in [5.41, 5.74) is 1.58. The fourth-order valence-electron chi connectivity index (χ4n) is 2.64. The first kappa shape index (κ1) is 15.9. The standard InChI is InChI=1S/C14H20N2O4S2/c1-3-19-10(2)20-9-12-8-16-13(7-15-12)6-11-4-5-21-14(11)22(16,17)18/h4-6,10,12,15H,3,7-9H2,1-2H3. The minimum Gasteiger partial charge on any atom is -0.353 e. The van der Waals surface area contributed by atoms with Crippen LogP contribution in [0.5, 0.6) is 0 Å². The summed E-state index contributed by atoms with van der Waals surface area (Å²) in [6.45, 7) is 5.66. The van der Waals surface area contributed by atoms with Gasteiger partial charge in [0.1, 0.15) is 4.21 Å². The van der Waals surface area contributed by atoms with Gasteiger partial charge in [0.25, 0.3) is 10.0 Å². The molecule has 1 aromatic rings. The third-order valence-corrected chi connectivity index (χ3v) is 7.03. The molecular formula is C14H20N2O4S2. The highest BCUT2D eigenvalue weighted by Crippen LogP contribution is 2.35. The molecule has 0 bridgehead atoms. The molecule has 0 aliphatic carbocycles. The summed E-state index contributed by atoms with van der Waals surface area (Å²) in [6, 6.07) is 1.80. The molecular weight excluding hydrogens is 324 g/mol. The Morgan fingerprint density at radius 2 is 2.32 bits per heavy atom. The molecule has 122 valence electrons. The molecule has 0 spiro atoms. The molecule has 22 heavy (non-hydrogen) atoms. The van der Waals surface area contributed by atoms with Crippen molar-refractivity contribution in [2.75, 3.05) is 26.3 Å². The van der Waals surface area contributed by atoms with Crippen molar-refractivity contribution in [3.05, 3.63) is 22.7 Å². The van der Waals surface area contributed by atoms with E-state index < -0.39 is 10.0 Å². The lowest BCUT2D eigenvalue weighted by Crippen LogP contribution is -2.53. The van der Waals surface area contributed by atoms with Gasteiger partial charge in [-0.15, -0.1) is 11.3 Å². The van der Waals surface area contributed by atoms with Crippen molar-refractivity contribution < 1.29 is 17.9 Å². The van der Waals surface area contributed by atoms with E-state index >= 15 is 0 Å². The predicted molar refractivity (Wildman–Crippen MR) is 85.0 cm³/mol. The lowest BCUT2D eigenvalue weighted by molar-refractivity contribution is -0.132. The third kappa shape index (κ3) is 2.93. The molecule has 6 nitrogen and oxygen atoms in total. The van der Waals surface area contributed by atoms with Crippen molar-refractivity contribution in [1.82, 2.24) is 9.62 Å². The quantitative estimate of drug-likeness (QED) is 0.819. The number of ether oxygens (including phenoxy) is 2. The van der Waals surface area contributed by atoms with E-state index in [0.29, 0.717) is 30.5 Å². The van der Waals surface area contributed by atoms with Gasteiger partial charge >= 0.3 is 0 Å². The normalized spacial score (nSPS) is 24.4. The van der Waals surface area contributed by atoms with Crippen LogP contribution in [0, 0.1) is 0 Å². The Bertz CT molecular complexity index is 668. The number of rotatable bonds is 5. The van der Waals surface area contributed by atoms with Crippen molar-refractivity contribution in [3.8, 4) is 0 Å². The number of nitrogens with one attached hydrogen (secondary N) is 1. The zero-order valence-corrected chi connectivity index (χ0v) is 14.2. The second-order valence-electron chi connectivity index (χ2n) is 5.27. The summed E-state index contributed by atoms with van der Waals surface area (Å²) in [4.78, 5) is 0. The Labute approximate surface area is 134 Å². The lowest BCUT2D eigenvalue weighted by Gasteiger charge is -2.38. The fourth-order valence-corrected chi connectivity index (χ4v) is 5.59. The molecule has 1 N–H and O–H groups in total.